The number of ether oxygens (including phenoxy) is 1. The van der Waals surface area contributed by atoms with Crippen LogP contribution in [0.25, 0.3) is 0 Å². The molecule has 0 aliphatic carbocycles. The highest BCUT2D eigenvalue weighted by atomic mass is 16.5. The lowest BCUT2D eigenvalue weighted by Crippen LogP contribution is -2.40. The molecule has 0 bridgehead atoms. The summed E-state index contributed by atoms with van der Waals surface area (Å²) in [6.45, 7) is 6.24. The minimum absolute atomic E-state index is 0.349. The molecule has 1 fully saturated rings. The summed E-state index contributed by atoms with van der Waals surface area (Å²) in [6.07, 6.45) is 1.64. The van der Waals surface area contributed by atoms with Gasteiger partial charge in [-0.3, -0.25) is 9.59 Å². The van der Waals surface area contributed by atoms with Crippen molar-refractivity contribution in [3.05, 3.63) is 65.2 Å². The molecule has 0 saturated carbocycles. The van der Waals surface area contributed by atoms with Crippen molar-refractivity contribution in [1.82, 2.24) is 10.6 Å². The van der Waals surface area contributed by atoms with Crippen molar-refractivity contribution in [2.24, 2.45) is 0 Å². The summed E-state index contributed by atoms with van der Waals surface area (Å²) in [5.74, 6) is -1.18. The van der Waals surface area contributed by atoms with Gasteiger partial charge >= 0.3 is 11.8 Å². The Morgan fingerprint density at radius 2 is 1.52 bits per heavy atom. The molecular weight excluding hydrogens is 366 g/mol. The maximum atomic E-state index is 11.9. The Morgan fingerprint density at radius 1 is 0.897 bits per heavy atom. The Balaban J connectivity index is 1.33. The lowest BCUT2D eigenvalue weighted by atomic mass is 10.1. The van der Waals surface area contributed by atoms with Crippen LogP contribution in [0.1, 0.15) is 23.1 Å². The van der Waals surface area contributed by atoms with Gasteiger partial charge in [0, 0.05) is 31.9 Å². The zero-order valence-electron chi connectivity index (χ0n) is 16.9. The van der Waals surface area contributed by atoms with E-state index in [9.17, 15) is 9.59 Å². The lowest BCUT2D eigenvalue weighted by Gasteiger charge is -2.28. The van der Waals surface area contributed by atoms with Crippen molar-refractivity contribution >= 4 is 17.5 Å². The van der Waals surface area contributed by atoms with E-state index in [0.29, 0.717) is 13.1 Å². The highest BCUT2D eigenvalue weighted by Gasteiger charge is 2.13. The number of anilines is 1. The van der Waals surface area contributed by atoms with Crippen molar-refractivity contribution in [3.63, 3.8) is 0 Å². The largest absolute Gasteiger partial charge is 0.378 e. The van der Waals surface area contributed by atoms with Gasteiger partial charge in [0.2, 0.25) is 0 Å². The predicted molar refractivity (Wildman–Crippen MR) is 114 cm³/mol. The third kappa shape index (κ3) is 6.61. The summed E-state index contributed by atoms with van der Waals surface area (Å²) in [4.78, 5) is 26.1. The number of nitrogens with zero attached hydrogens (tertiary/aromatic N) is 1. The highest BCUT2D eigenvalue weighted by Crippen LogP contribution is 2.17. The maximum Gasteiger partial charge on any atom is 0.309 e. The van der Waals surface area contributed by atoms with Gasteiger partial charge in [0.15, 0.2) is 0 Å². The molecule has 2 aromatic rings. The summed E-state index contributed by atoms with van der Waals surface area (Å²) < 4.78 is 5.38. The Morgan fingerprint density at radius 3 is 2.21 bits per heavy atom. The minimum Gasteiger partial charge on any atom is -0.378 e. The van der Waals surface area contributed by atoms with Crippen LogP contribution in [0.4, 0.5) is 5.69 Å². The van der Waals surface area contributed by atoms with Gasteiger partial charge < -0.3 is 20.3 Å². The summed E-state index contributed by atoms with van der Waals surface area (Å²) in [5, 5.41) is 5.34. The van der Waals surface area contributed by atoms with E-state index in [0.717, 1.165) is 50.3 Å². The number of benzene rings is 2. The number of carbonyl (C=O) groups is 2. The lowest BCUT2D eigenvalue weighted by molar-refractivity contribution is -0.139. The first kappa shape index (κ1) is 20.9. The Labute approximate surface area is 172 Å². The molecule has 1 aliphatic rings. The molecule has 3 rings (SSSR count). The third-order valence-corrected chi connectivity index (χ3v) is 5.02. The van der Waals surface area contributed by atoms with Crippen LogP contribution in [0, 0.1) is 6.92 Å². The Bertz CT molecular complexity index is 797. The summed E-state index contributed by atoms with van der Waals surface area (Å²) >= 11 is 0. The van der Waals surface area contributed by atoms with Gasteiger partial charge in [-0.25, -0.2) is 0 Å². The monoisotopic (exact) mass is 395 g/mol. The molecule has 6 heteroatoms. The van der Waals surface area contributed by atoms with E-state index in [4.69, 9.17) is 4.74 Å². The first-order chi connectivity index (χ1) is 14.1. The van der Waals surface area contributed by atoms with Crippen molar-refractivity contribution < 1.29 is 14.3 Å². The zero-order valence-corrected chi connectivity index (χ0v) is 16.9. The smallest absolute Gasteiger partial charge is 0.309 e. The quantitative estimate of drug-likeness (QED) is 0.557. The summed E-state index contributed by atoms with van der Waals surface area (Å²) in [7, 11) is 0. The highest BCUT2D eigenvalue weighted by molar-refractivity contribution is 6.35. The van der Waals surface area contributed by atoms with Gasteiger partial charge in [-0.05, 0) is 43.0 Å². The molecule has 0 radical (unpaired) electrons. The number of hydrogen-bond donors (Lipinski definition) is 2. The molecule has 29 heavy (non-hydrogen) atoms. The minimum atomic E-state index is -0.597. The van der Waals surface area contributed by atoms with Crippen LogP contribution >= 0.6 is 0 Å². The number of aryl methyl sites for hydroxylation is 2. The van der Waals surface area contributed by atoms with Gasteiger partial charge in [-0.2, -0.15) is 0 Å². The molecule has 2 aromatic carbocycles. The molecule has 154 valence electrons. The van der Waals surface area contributed by atoms with Crippen molar-refractivity contribution in [1.29, 1.82) is 0 Å². The van der Waals surface area contributed by atoms with Crippen molar-refractivity contribution in [2.75, 3.05) is 37.7 Å². The molecule has 0 atom stereocenters. The second kappa shape index (κ2) is 10.6. The Hall–Kier alpha value is -2.86. The van der Waals surface area contributed by atoms with Crippen molar-refractivity contribution in [2.45, 2.75) is 26.3 Å². The topological polar surface area (TPSA) is 70.7 Å². The number of amides is 2. The molecular formula is C23H29N3O3. The van der Waals surface area contributed by atoms with Crippen LogP contribution in [0.5, 0.6) is 0 Å². The first-order valence-electron chi connectivity index (χ1n) is 10.1. The van der Waals surface area contributed by atoms with Gasteiger partial charge in [0.05, 0.1) is 13.2 Å². The van der Waals surface area contributed by atoms with Crippen LogP contribution in [0.3, 0.4) is 0 Å². The zero-order chi connectivity index (χ0) is 20.5. The van der Waals surface area contributed by atoms with E-state index in [2.05, 4.69) is 39.8 Å². The van der Waals surface area contributed by atoms with E-state index in [-0.39, 0.29) is 0 Å². The average Bonchev–Trinajstić information content (AvgIpc) is 2.77. The number of nitrogens with one attached hydrogen (secondary N) is 2. The molecule has 0 unspecified atom stereocenters. The summed E-state index contributed by atoms with van der Waals surface area (Å²) in [6, 6.07) is 16.4. The van der Waals surface area contributed by atoms with Crippen LogP contribution in [0.15, 0.2) is 48.5 Å². The van der Waals surface area contributed by atoms with E-state index in [1.54, 1.807) is 0 Å². The van der Waals surface area contributed by atoms with Crippen molar-refractivity contribution in [3.8, 4) is 0 Å². The fourth-order valence-electron chi connectivity index (χ4n) is 3.24. The van der Waals surface area contributed by atoms with Crippen LogP contribution in [-0.2, 0) is 27.3 Å². The van der Waals surface area contributed by atoms with Gasteiger partial charge in [-0.1, -0.05) is 42.0 Å². The van der Waals surface area contributed by atoms with E-state index < -0.39 is 11.8 Å². The molecule has 6 nitrogen and oxygen atoms in total. The maximum absolute atomic E-state index is 11.9. The number of hydrogen-bond acceptors (Lipinski definition) is 4. The third-order valence-electron chi connectivity index (χ3n) is 5.02. The number of carbonyl (C=O) groups excluding carboxylic acids is 2. The standard InChI is InChI=1S/C23H29N3O3/c1-18-4-6-20(7-5-18)17-25-23(28)22(27)24-12-2-3-19-8-10-21(11-9-19)26-13-15-29-16-14-26/h4-11H,2-3,12-17H2,1H3,(H,24,27)(H,25,28). The predicted octanol–water partition coefficient (Wildman–Crippen LogP) is 2.20. The number of morpholine rings is 1. The molecule has 2 N–H and O–H groups in total. The SMILES string of the molecule is Cc1ccc(CNC(=O)C(=O)NCCCc2ccc(N3CCOCC3)cc2)cc1. The van der Waals surface area contributed by atoms with Crippen LogP contribution < -0.4 is 15.5 Å². The molecule has 0 aromatic heterocycles. The van der Waals surface area contributed by atoms with E-state index in [1.165, 1.54) is 11.3 Å². The van der Waals surface area contributed by atoms with E-state index >= 15 is 0 Å². The normalized spacial score (nSPS) is 13.8. The summed E-state index contributed by atoms with van der Waals surface area (Å²) in [5.41, 5.74) is 4.57. The average molecular weight is 396 g/mol. The fraction of sp³-hybridized carbons (Fsp3) is 0.391. The fourth-order valence-corrected chi connectivity index (χ4v) is 3.24. The second-order valence-electron chi connectivity index (χ2n) is 7.29. The van der Waals surface area contributed by atoms with Gasteiger partial charge in [0.25, 0.3) is 0 Å². The number of rotatable bonds is 7. The second-order valence-corrected chi connectivity index (χ2v) is 7.29. The van der Waals surface area contributed by atoms with Crippen LogP contribution in [-0.4, -0.2) is 44.7 Å². The van der Waals surface area contributed by atoms with Gasteiger partial charge in [0.1, 0.15) is 0 Å². The van der Waals surface area contributed by atoms with Crippen LogP contribution in [0.2, 0.25) is 0 Å². The Kier molecular flexibility index (Phi) is 7.64. The molecule has 1 saturated heterocycles. The molecule has 1 heterocycles. The molecule has 0 spiro atoms. The first-order valence-corrected chi connectivity index (χ1v) is 10.1. The molecule has 1 aliphatic heterocycles. The molecule has 2 amide bonds. The van der Waals surface area contributed by atoms with E-state index in [1.807, 2.05) is 31.2 Å². The van der Waals surface area contributed by atoms with Gasteiger partial charge in [-0.15, -0.1) is 0 Å².